The maximum Gasteiger partial charge on any atom is 0.254 e. The number of aliphatic hydroxyl groups is 1. The first-order valence-electron chi connectivity index (χ1n) is 8.16. The van der Waals surface area contributed by atoms with Gasteiger partial charge < -0.3 is 14.4 Å². The number of hydrogen-bond acceptors (Lipinski definition) is 7. The maximum atomic E-state index is 12.7. The van der Waals surface area contributed by atoms with Gasteiger partial charge in [0.25, 0.3) is 5.91 Å². The fraction of sp³-hybridized carbons (Fsp3) is 0.353. The molecule has 1 aliphatic heterocycles. The van der Waals surface area contributed by atoms with Crippen molar-refractivity contribution in [3.05, 3.63) is 47.9 Å². The summed E-state index contributed by atoms with van der Waals surface area (Å²) in [5, 5.41) is 10.2. The zero-order valence-corrected chi connectivity index (χ0v) is 14.4. The van der Waals surface area contributed by atoms with Gasteiger partial charge in [-0.1, -0.05) is 0 Å². The van der Waals surface area contributed by atoms with E-state index in [1.807, 2.05) is 11.0 Å². The van der Waals surface area contributed by atoms with E-state index in [9.17, 15) is 9.90 Å². The van der Waals surface area contributed by atoms with Gasteiger partial charge >= 0.3 is 0 Å². The normalized spacial score (nSPS) is 17.1. The summed E-state index contributed by atoms with van der Waals surface area (Å²) >= 11 is 1.15. The lowest BCUT2D eigenvalue weighted by Crippen LogP contribution is -2.49. The van der Waals surface area contributed by atoms with Crippen LogP contribution in [0.15, 0.2) is 41.0 Å². The van der Waals surface area contributed by atoms with Gasteiger partial charge in [0.1, 0.15) is 22.9 Å². The number of β-amino-alcohol motifs (C(OH)–C–C–N with tert-alkyl or cyclic N) is 1. The molecule has 4 rings (SSSR count). The summed E-state index contributed by atoms with van der Waals surface area (Å²) in [7, 11) is 0. The highest BCUT2D eigenvalue weighted by Gasteiger charge is 2.24. The molecule has 1 fully saturated rings. The Morgan fingerprint density at radius 3 is 2.76 bits per heavy atom. The van der Waals surface area contributed by atoms with Gasteiger partial charge in [-0.2, -0.15) is 8.75 Å². The van der Waals surface area contributed by atoms with Crippen molar-refractivity contribution in [3.8, 4) is 0 Å². The van der Waals surface area contributed by atoms with Gasteiger partial charge in [-0.15, -0.1) is 0 Å². The molecule has 2 aromatic heterocycles. The van der Waals surface area contributed by atoms with E-state index < -0.39 is 6.10 Å². The van der Waals surface area contributed by atoms with Gasteiger partial charge in [0, 0.05) is 38.3 Å². The Hall–Kier alpha value is -2.29. The van der Waals surface area contributed by atoms with Gasteiger partial charge in [-0.05, 0) is 30.3 Å². The predicted molar refractivity (Wildman–Crippen MR) is 93.4 cm³/mol. The van der Waals surface area contributed by atoms with Gasteiger partial charge in [-0.25, -0.2) is 0 Å². The fourth-order valence-corrected chi connectivity index (χ4v) is 3.56. The number of aliphatic hydroxyl groups excluding tert-OH is 1. The molecular formula is C17H18N4O3S. The summed E-state index contributed by atoms with van der Waals surface area (Å²) in [5.41, 5.74) is 2.22. The van der Waals surface area contributed by atoms with Crippen molar-refractivity contribution in [2.45, 2.75) is 6.10 Å². The molecule has 7 nitrogen and oxygen atoms in total. The van der Waals surface area contributed by atoms with Crippen molar-refractivity contribution in [2.75, 3.05) is 32.7 Å². The Labute approximate surface area is 148 Å². The van der Waals surface area contributed by atoms with Gasteiger partial charge in [0.2, 0.25) is 0 Å². The van der Waals surface area contributed by atoms with Crippen molar-refractivity contribution in [2.24, 2.45) is 0 Å². The van der Waals surface area contributed by atoms with Crippen LogP contribution in [0, 0.1) is 0 Å². The zero-order chi connectivity index (χ0) is 17.2. The molecule has 3 heterocycles. The molecule has 1 atom stereocenters. The molecule has 130 valence electrons. The van der Waals surface area contributed by atoms with E-state index >= 15 is 0 Å². The number of carbonyl (C=O) groups is 1. The Bertz CT molecular complexity index is 856. The van der Waals surface area contributed by atoms with Crippen LogP contribution in [0.25, 0.3) is 11.0 Å². The average Bonchev–Trinajstić information content (AvgIpc) is 3.32. The number of rotatable bonds is 4. The molecule has 0 bridgehead atoms. The summed E-state index contributed by atoms with van der Waals surface area (Å²) in [5.74, 6) is 0.588. The molecule has 0 radical (unpaired) electrons. The molecular weight excluding hydrogens is 340 g/mol. The number of fused-ring (bicyclic) bond motifs is 1. The fourth-order valence-electron chi connectivity index (χ4n) is 3.05. The number of hydrogen-bond donors (Lipinski definition) is 1. The summed E-state index contributed by atoms with van der Waals surface area (Å²) in [4.78, 5) is 16.7. The van der Waals surface area contributed by atoms with Crippen molar-refractivity contribution in [3.63, 3.8) is 0 Å². The van der Waals surface area contributed by atoms with E-state index in [1.54, 1.807) is 30.5 Å². The summed E-state index contributed by atoms with van der Waals surface area (Å²) in [6.45, 7) is 3.23. The van der Waals surface area contributed by atoms with Crippen molar-refractivity contribution in [1.29, 1.82) is 0 Å². The molecule has 0 aliphatic carbocycles. The molecule has 0 saturated carbocycles. The highest BCUT2D eigenvalue weighted by Crippen LogP contribution is 2.18. The molecule has 8 heteroatoms. The lowest BCUT2D eigenvalue weighted by Gasteiger charge is -2.35. The van der Waals surface area contributed by atoms with E-state index in [4.69, 9.17) is 4.42 Å². The molecule has 25 heavy (non-hydrogen) atoms. The topological polar surface area (TPSA) is 82.7 Å². The van der Waals surface area contributed by atoms with Crippen LogP contribution in [0.5, 0.6) is 0 Å². The zero-order valence-electron chi connectivity index (χ0n) is 13.5. The molecule has 1 saturated heterocycles. The van der Waals surface area contributed by atoms with E-state index in [-0.39, 0.29) is 5.91 Å². The smallest absolute Gasteiger partial charge is 0.254 e. The minimum atomic E-state index is -0.642. The second-order valence-corrected chi connectivity index (χ2v) is 6.62. The van der Waals surface area contributed by atoms with Gasteiger partial charge in [0.05, 0.1) is 18.0 Å². The Morgan fingerprint density at radius 1 is 1.20 bits per heavy atom. The molecule has 1 unspecified atom stereocenters. The third kappa shape index (κ3) is 3.41. The maximum absolute atomic E-state index is 12.7. The minimum absolute atomic E-state index is 0.0149. The van der Waals surface area contributed by atoms with Crippen LogP contribution in [0.4, 0.5) is 0 Å². The molecule has 1 aliphatic rings. The Kier molecular flexibility index (Phi) is 4.48. The molecule has 1 amide bonds. The van der Waals surface area contributed by atoms with E-state index in [0.717, 1.165) is 35.9 Å². The first-order valence-corrected chi connectivity index (χ1v) is 8.89. The van der Waals surface area contributed by atoms with Crippen LogP contribution >= 0.6 is 11.7 Å². The van der Waals surface area contributed by atoms with Gasteiger partial charge in [-0.3, -0.25) is 9.69 Å². The number of piperazine rings is 1. The second kappa shape index (κ2) is 6.91. The van der Waals surface area contributed by atoms with Crippen LogP contribution in [0.2, 0.25) is 0 Å². The second-order valence-electron chi connectivity index (χ2n) is 6.09. The lowest BCUT2D eigenvalue weighted by atomic mass is 10.1. The number of aromatic nitrogens is 2. The van der Waals surface area contributed by atoms with E-state index in [1.165, 1.54) is 0 Å². The first-order chi connectivity index (χ1) is 12.2. The number of benzene rings is 1. The largest absolute Gasteiger partial charge is 0.467 e. The van der Waals surface area contributed by atoms with Crippen LogP contribution in [0.1, 0.15) is 22.2 Å². The lowest BCUT2D eigenvalue weighted by molar-refractivity contribution is 0.0486. The van der Waals surface area contributed by atoms with E-state index in [2.05, 4.69) is 13.6 Å². The van der Waals surface area contributed by atoms with Crippen molar-refractivity contribution in [1.82, 2.24) is 18.5 Å². The SMILES string of the molecule is O=C(c1ccc2nsnc2c1)N1CCN(CC(O)c2ccco2)CC1. The third-order valence-electron chi connectivity index (χ3n) is 4.46. The number of furan rings is 1. The summed E-state index contributed by atoms with van der Waals surface area (Å²) in [6.07, 6.45) is 0.918. The monoisotopic (exact) mass is 358 g/mol. The highest BCUT2D eigenvalue weighted by atomic mass is 32.1. The quantitative estimate of drug-likeness (QED) is 0.765. The molecule has 1 aromatic carbocycles. The molecule has 3 aromatic rings. The van der Waals surface area contributed by atoms with Gasteiger partial charge in [0.15, 0.2) is 0 Å². The predicted octanol–water partition coefficient (Wildman–Crippen LogP) is 1.78. The average molecular weight is 358 g/mol. The number of amides is 1. The summed E-state index contributed by atoms with van der Waals surface area (Å²) < 4.78 is 13.6. The van der Waals surface area contributed by atoms with Crippen molar-refractivity contribution >= 4 is 28.7 Å². The van der Waals surface area contributed by atoms with Crippen LogP contribution < -0.4 is 0 Å². The third-order valence-corrected chi connectivity index (χ3v) is 5.02. The van der Waals surface area contributed by atoms with E-state index in [0.29, 0.717) is 31.0 Å². The Balaban J connectivity index is 1.35. The molecule has 0 spiro atoms. The molecule has 1 N–H and O–H groups in total. The first kappa shape index (κ1) is 16.2. The summed E-state index contributed by atoms with van der Waals surface area (Å²) in [6, 6.07) is 8.98. The van der Waals surface area contributed by atoms with Crippen molar-refractivity contribution < 1.29 is 14.3 Å². The standard InChI is InChI=1S/C17H18N4O3S/c22-15(16-2-1-9-24-16)11-20-5-7-21(8-6-20)17(23)12-3-4-13-14(10-12)19-25-18-13/h1-4,9-10,15,22H,5-8,11H2. The highest BCUT2D eigenvalue weighted by molar-refractivity contribution is 7.00. The minimum Gasteiger partial charge on any atom is -0.467 e. The van der Waals surface area contributed by atoms with Crippen LogP contribution in [-0.4, -0.2) is 62.3 Å². The Morgan fingerprint density at radius 2 is 2.00 bits per heavy atom. The number of carbonyl (C=O) groups excluding carboxylic acids is 1. The number of nitrogens with zero attached hydrogens (tertiary/aromatic N) is 4. The van der Waals surface area contributed by atoms with Crippen LogP contribution in [0.3, 0.4) is 0 Å². The van der Waals surface area contributed by atoms with Crippen LogP contribution in [-0.2, 0) is 0 Å².